The summed E-state index contributed by atoms with van der Waals surface area (Å²) in [6, 6.07) is 16.1. The van der Waals surface area contributed by atoms with E-state index >= 15 is 0 Å². The summed E-state index contributed by atoms with van der Waals surface area (Å²) in [6.45, 7) is 18.2. The summed E-state index contributed by atoms with van der Waals surface area (Å²) in [4.78, 5) is 0. The fourth-order valence-corrected chi connectivity index (χ4v) is 5.32. The molecular weight excluding hydrogens is 402 g/mol. The fourth-order valence-electron chi connectivity index (χ4n) is 5.32. The third-order valence-electron chi connectivity index (χ3n) is 7.08. The first-order chi connectivity index (χ1) is 15.3. The van der Waals surface area contributed by atoms with Crippen LogP contribution in [0.2, 0.25) is 0 Å². The molecule has 2 heterocycles. The zero-order valence-corrected chi connectivity index (χ0v) is 21.6. The van der Waals surface area contributed by atoms with Crippen LogP contribution in [0.15, 0.2) is 42.5 Å². The normalized spacial score (nSPS) is 13.4. The number of benzene rings is 3. The number of aromatic nitrogens is 1. The van der Waals surface area contributed by atoms with Crippen LogP contribution >= 0.6 is 0 Å². The second kappa shape index (κ2) is 7.06. The molecule has 5 rings (SSSR count). The summed E-state index contributed by atoms with van der Waals surface area (Å²) in [6.07, 6.45) is 1.02. The van der Waals surface area contributed by atoms with Gasteiger partial charge in [0.1, 0.15) is 12.8 Å². The highest BCUT2D eigenvalue weighted by Crippen LogP contribution is 2.49. The molecule has 0 radical (unpaired) electrons. The van der Waals surface area contributed by atoms with Crippen LogP contribution in [0, 0.1) is 19.3 Å². The molecule has 0 aliphatic carbocycles. The van der Waals surface area contributed by atoms with Gasteiger partial charge in [-0.2, -0.15) is 4.57 Å². The van der Waals surface area contributed by atoms with Gasteiger partial charge in [-0.15, -0.1) is 0 Å². The van der Waals surface area contributed by atoms with Gasteiger partial charge in [-0.05, 0) is 70.9 Å². The Balaban J connectivity index is 1.83. The van der Waals surface area contributed by atoms with Gasteiger partial charge in [0.15, 0.2) is 5.75 Å². The maximum absolute atomic E-state index is 6.69. The third-order valence-corrected chi connectivity index (χ3v) is 7.08. The number of rotatable bonds is 1. The van der Waals surface area contributed by atoms with E-state index in [4.69, 9.17) is 4.74 Å². The highest BCUT2D eigenvalue weighted by atomic mass is 16.5. The molecule has 0 fully saturated rings. The van der Waals surface area contributed by atoms with Crippen molar-refractivity contribution in [3.63, 3.8) is 0 Å². The molecule has 2 nitrogen and oxygen atoms in total. The molecule has 3 aromatic carbocycles. The lowest BCUT2D eigenvalue weighted by Gasteiger charge is -2.25. The largest absolute Gasteiger partial charge is 0.450 e. The average molecular weight is 439 g/mol. The molecule has 0 saturated heterocycles. The van der Waals surface area contributed by atoms with Gasteiger partial charge in [0.05, 0.1) is 10.9 Å². The maximum atomic E-state index is 6.69. The van der Waals surface area contributed by atoms with Crippen molar-refractivity contribution in [1.82, 2.24) is 0 Å². The monoisotopic (exact) mass is 438 g/mol. The first-order valence-corrected chi connectivity index (χ1v) is 12.1. The molecule has 0 unspecified atom stereocenters. The smallest absolute Gasteiger partial charge is 0.256 e. The minimum atomic E-state index is 0.108. The number of ether oxygens (including phenoxy) is 1. The summed E-state index contributed by atoms with van der Waals surface area (Å²) in [5, 5.41) is 3.74. The first kappa shape index (κ1) is 21.9. The quantitative estimate of drug-likeness (QED) is 0.241. The molecule has 2 heteroatoms. The van der Waals surface area contributed by atoms with E-state index in [9.17, 15) is 0 Å². The standard InChI is InChI=1S/C31H36NO/c1-18-12-22-13-20(17-30(3,4)5)14-25-28(22)27(19(18)2)29-26(33-25)16-21-15-23(31(6,7)8)10-11-24(21)32(29)9/h10-16H,17H2,1-9H3/q+1. The van der Waals surface area contributed by atoms with E-state index in [2.05, 4.69) is 109 Å². The average Bonchev–Trinajstić information content (AvgIpc) is 2.68. The Kier molecular flexibility index (Phi) is 4.70. The minimum Gasteiger partial charge on any atom is -0.450 e. The van der Waals surface area contributed by atoms with Crippen molar-refractivity contribution in [1.29, 1.82) is 0 Å². The zero-order chi connectivity index (χ0) is 23.9. The number of nitrogens with zero attached hydrogens (tertiary/aromatic N) is 1. The summed E-state index contributed by atoms with van der Waals surface area (Å²) in [5.41, 5.74) is 9.38. The SMILES string of the molecule is Cc1cc2cc(CC(C)(C)C)cc3c2c(c1C)-c1c(cc2cc(C(C)(C)C)ccc2[n+]1C)O3. The van der Waals surface area contributed by atoms with E-state index in [0.717, 1.165) is 17.9 Å². The van der Waals surface area contributed by atoms with Gasteiger partial charge in [-0.25, -0.2) is 0 Å². The van der Waals surface area contributed by atoms with Crippen molar-refractivity contribution >= 4 is 21.7 Å². The van der Waals surface area contributed by atoms with Crippen LogP contribution in [0.4, 0.5) is 0 Å². The predicted octanol–water partition coefficient (Wildman–Crippen LogP) is 8.09. The van der Waals surface area contributed by atoms with Gasteiger partial charge in [0.25, 0.3) is 5.69 Å². The van der Waals surface area contributed by atoms with Gasteiger partial charge in [0, 0.05) is 17.5 Å². The Morgan fingerprint density at radius 2 is 1.55 bits per heavy atom. The summed E-state index contributed by atoms with van der Waals surface area (Å²) >= 11 is 0. The van der Waals surface area contributed by atoms with Gasteiger partial charge < -0.3 is 4.74 Å². The number of hydrogen-bond acceptors (Lipinski definition) is 1. The molecule has 0 saturated carbocycles. The minimum absolute atomic E-state index is 0.108. The molecule has 4 aromatic rings. The van der Waals surface area contributed by atoms with Crippen LogP contribution in [-0.2, 0) is 18.9 Å². The van der Waals surface area contributed by atoms with Crippen molar-refractivity contribution < 1.29 is 9.30 Å². The topological polar surface area (TPSA) is 13.1 Å². The lowest BCUT2D eigenvalue weighted by molar-refractivity contribution is -0.633. The van der Waals surface area contributed by atoms with E-state index in [1.165, 1.54) is 55.2 Å². The maximum Gasteiger partial charge on any atom is 0.256 e. The predicted molar refractivity (Wildman–Crippen MR) is 139 cm³/mol. The van der Waals surface area contributed by atoms with Crippen LogP contribution in [-0.4, -0.2) is 0 Å². The molecule has 0 bridgehead atoms. The summed E-state index contributed by atoms with van der Waals surface area (Å²) in [7, 11) is 2.17. The Labute approximate surface area is 198 Å². The van der Waals surface area contributed by atoms with Crippen molar-refractivity contribution in [2.24, 2.45) is 12.5 Å². The van der Waals surface area contributed by atoms with Crippen molar-refractivity contribution in [3.05, 3.63) is 64.7 Å². The highest BCUT2D eigenvalue weighted by molar-refractivity contribution is 6.05. The molecule has 33 heavy (non-hydrogen) atoms. The van der Waals surface area contributed by atoms with Crippen LogP contribution < -0.4 is 9.30 Å². The van der Waals surface area contributed by atoms with E-state index in [1.807, 2.05) is 0 Å². The van der Waals surface area contributed by atoms with E-state index in [1.54, 1.807) is 0 Å². The van der Waals surface area contributed by atoms with Gasteiger partial charge in [-0.1, -0.05) is 59.7 Å². The number of aryl methyl sites for hydroxylation is 2. The molecule has 1 aliphatic rings. The van der Waals surface area contributed by atoms with Crippen LogP contribution in [0.5, 0.6) is 11.5 Å². The van der Waals surface area contributed by atoms with Crippen LogP contribution in [0.25, 0.3) is 32.9 Å². The van der Waals surface area contributed by atoms with E-state index in [-0.39, 0.29) is 10.8 Å². The number of fused-ring (bicyclic) bond motifs is 3. The molecule has 1 aliphatic heterocycles. The lowest BCUT2D eigenvalue weighted by atomic mass is 9.84. The number of hydrogen-bond donors (Lipinski definition) is 0. The number of pyridine rings is 1. The van der Waals surface area contributed by atoms with Crippen molar-refractivity contribution in [2.45, 2.75) is 67.2 Å². The van der Waals surface area contributed by atoms with Gasteiger partial charge in [-0.3, -0.25) is 0 Å². The van der Waals surface area contributed by atoms with Crippen molar-refractivity contribution in [3.8, 4) is 22.8 Å². The fraction of sp³-hybridized carbons (Fsp3) is 0.387. The zero-order valence-electron chi connectivity index (χ0n) is 21.6. The molecule has 0 N–H and O–H groups in total. The molecule has 1 aromatic heterocycles. The first-order valence-electron chi connectivity index (χ1n) is 12.1. The lowest BCUT2D eigenvalue weighted by Crippen LogP contribution is -2.33. The molecule has 0 atom stereocenters. The van der Waals surface area contributed by atoms with E-state index in [0.29, 0.717) is 0 Å². The Bertz CT molecular complexity index is 1450. The van der Waals surface area contributed by atoms with Crippen LogP contribution in [0.3, 0.4) is 0 Å². The van der Waals surface area contributed by atoms with Crippen molar-refractivity contribution in [2.75, 3.05) is 0 Å². The molecular formula is C31H36NO+. The Hall–Kier alpha value is -2.87. The summed E-state index contributed by atoms with van der Waals surface area (Å²) < 4.78 is 9.02. The molecule has 0 amide bonds. The Morgan fingerprint density at radius 1 is 0.818 bits per heavy atom. The highest BCUT2D eigenvalue weighted by Gasteiger charge is 2.32. The Morgan fingerprint density at radius 3 is 2.21 bits per heavy atom. The van der Waals surface area contributed by atoms with Gasteiger partial charge in [0.2, 0.25) is 5.52 Å². The van der Waals surface area contributed by atoms with E-state index < -0.39 is 0 Å². The summed E-state index contributed by atoms with van der Waals surface area (Å²) in [5.74, 6) is 1.94. The van der Waals surface area contributed by atoms with Crippen LogP contribution in [0.1, 0.15) is 63.8 Å². The second-order valence-electron chi connectivity index (χ2n) is 12.2. The van der Waals surface area contributed by atoms with Gasteiger partial charge >= 0.3 is 0 Å². The molecule has 170 valence electrons. The third kappa shape index (κ3) is 3.60. The second-order valence-corrected chi connectivity index (χ2v) is 12.2. The molecule has 0 spiro atoms.